The lowest BCUT2D eigenvalue weighted by Gasteiger charge is -2.35. The molecule has 1 aromatic carbocycles. The lowest BCUT2D eigenvalue weighted by molar-refractivity contribution is 0.0972. The van der Waals surface area contributed by atoms with Crippen molar-refractivity contribution in [1.29, 1.82) is 0 Å². The van der Waals surface area contributed by atoms with Crippen LogP contribution in [-0.2, 0) is 6.54 Å². The normalized spacial score (nSPS) is 17.0. The number of anilines is 1. The molecule has 1 aliphatic rings. The van der Waals surface area contributed by atoms with Gasteiger partial charge in [0.15, 0.2) is 11.7 Å². The Morgan fingerprint density at radius 3 is 2.75 bits per heavy atom. The fourth-order valence-electron chi connectivity index (χ4n) is 3.23. The molecule has 2 heterocycles. The average Bonchev–Trinajstić information content (AvgIpc) is 3.17. The molecule has 0 bridgehead atoms. The molecule has 0 saturated carbocycles. The summed E-state index contributed by atoms with van der Waals surface area (Å²) in [7, 11) is 0. The van der Waals surface area contributed by atoms with Crippen molar-refractivity contribution in [2.45, 2.75) is 32.4 Å². The minimum absolute atomic E-state index is 0. The highest BCUT2D eigenvalue weighted by Crippen LogP contribution is 2.19. The number of primary amides is 1. The standard InChI is InChI=1S/C20H27N5O2.HI/c1-2-22-20(23-13-17-10-11-18(27-17)19(21)26)24-15-7-6-12-25(14-15)16-8-4-3-5-9-16;/h3-5,8-11,15H,2,6-7,12-14H2,1H3,(H2,21,26)(H2,22,23,24);1H. The first-order chi connectivity index (χ1) is 13.2. The van der Waals surface area contributed by atoms with E-state index in [-0.39, 0.29) is 29.7 Å². The van der Waals surface area contributed by atoms with Crippen LogP contribution in [0, 0.1) is 0 Å². The third-order valence-electron chi connectivity index (χ3n) is 4.53. The SMILES string of the molecule is CCNC(=NCc1ccc(C(N)=O)o1)NC1CCCN(c2ccccc2)C1.I. The zero-order valence-electron chi connectivity index (χ0n) is 16.1. The molecule has 1 saturated heterocycles. The number of carbonyl (C=O) groups is 1. The predicted octanol–water partition coefficient (Wildman–Crippen LogP) is 2.72. The lowest BCUT2D eigenvalue weighted by Crippen LogP contribution is -2.51. The van der Waals surface area contributed by atoms with Crippen molar-refractivity contribution in [3.05, 3.63) is 54.0 Å². The number of carbonyl (C=O) groups excluding carboxylic acids is 1. The number of hydrogen-bond donors (Lipinski definition) is 3. The van der Waals surface area contributed by atoms with Gasteiger partial charge in [0.25, 0.3) is 5.91 Å². The van der Waals surface area contributed by atoms with Gasteiger partial charge in [-0.05, 0) is 44.0 Å². The number of rotatable bonds is 6. The highest BCUT2D eigenvalue weighted by molar-refractivity contribution is 14.0. The molecule has 0 radical (unpaired) electrons. The van der Waals surface area contributed by atoms with Crippen LogP contribution in [0.15, 0.2) is 51.9 Å². The van der Waals surface area contributed by atoms with Crippen LogP contribution >= 0.6 is 24.0 Å². The Morgan fingerprint density at radius 1 is 1.29 bits per heavy atom. The van der Waals surface area contributed by atoms with Crippen molar-refractivity contribution < 1.29 is 9.21 Å². The molecule has 152 valence electrons. The first kappa shape index (κ1) is 22.1. The fourth-order valence-corrected chi connectivity index (χ4v) is 3.23. The van der Waals surface area contributed by atoms with Crippen molar-refractivity contribution in [1.82, 2.24) is 10.6 Å². The lowest BCUT2D eigenvalue weighted by atomic mass is 10.1. The molecule has 1 aliphatic heterocycles. The third-order valence-corrected chi connectivity index (χ3v) is 4.53. The van der Waals surface area contributed by atoms with Gasteiger partial charge in [0.2, 0.25) is 0 Å². The highest BCUT2D eigenvalue weighted by Gasteiger charge is 2.21. The van der Waals surface area contributed by atoms with E-state index in [4.69, 9.17) is 10.2 Å². The van der Waals surface area contributed by atoms with Crippen LogP contribution in [0.1, 0.15) is 36.1 Å². The van der Waals surface area contributed by atoms with E-state index in [0.717, 1.165) is 38.4 Å². The van der Waals surface area contributed by atoms with Gasteiger partial charge >= 0.3 is 0 Å². The topological polar surface area (TPSA) is 95.9 Å². The number of nitrogens with one attached hydrogen (secondary N) is 2. The second-order valence-electron chi connectivity index (χ2n) is 6.59. The summed E-state index contributed by atoms with van der Waals surface area (Å²) in [4.78, 5) is 18.1. The molecule has 2 aromatic rings. The van der Waals surface area contributed by atoms with E-state index < -0.39 is 5.91 Å². The van der Waals surface area contributed by atoms with E-state index >= 15 is 0 Å². The Labute approximate surface area is 182 Å². The van der Waals surface area contributed by atoms with Crippen molar-refractivity contribution in [2.24, 2.45) is 10.7 Å². The van der Waals surface area contributed by atoms with Crippen LogP contribution in [0.5, 0.6) is 0 Å². The number of benzene rings is 1. The molecule has 0 aliphatic carbocycles. The van der Waals surface area contributed by atoms with E-state index in [2.05, 4.69) is 44.8 Å². The van der Waals surface area contributed by atoms with Gasteiger partial charge in [0.05, 0.1) is 0 Å². The van der Waals surface area contributed by atoms with E-state index in [9.17, 15) is 4.79 Å². The van der Waals surface area contributed by atoms with E-state index in [1.165, 1.54) is 5.69 Å². The summed E-state index contributed by atoms with van der Waals surface area (Å²) < 4.78 is 5.39. The zero-order chi connectivity index (χ0) is 19.1. The Hall–Kier alpha value is -2.23. The third kappa shape index (κ3) is 6.15. The predicted molar refractivity (Wildman–Crippen MR) is 122 cm³/mol. The largest absolute Gasteiger partial charge is 0.454 e. The molecule has 28 heavy (non-hydrogen) atoms. The van der Waals surface area contributed by atoms with E-state index in [1.807, 2.05) is 13.0 Å². The summed E-state index contributed by atoms with van der Waals surface area (Å²) in [6.45, 7) is 5.15. The van der Waals surface area contributed by atoms with Crippen LogP contribution in [-0.4, -0.2) is 37.5 Å². The monoisotopic (exact) mass is 497 g/mol. The minimum atomic E-state index is -0.571. The van der Waals surface area contributed by atoms with Crippen LogP contribution in [0.3, 0.4) is 0 Å². The number of furan rings is 1. The minimum Gasteiger partial charge on any atom is -0.454 e. The summed E-state index contributed by atoms with van der Waals surface area (Å²) in [6, 6.07) is 14.1. The van der Waals surface area contributed by atoms with Crippen LogP contribution in [0.25, 0.3) is 0 Å². The summed E-state index contributed by atoms with van der Waals surface area (Å²) in [6.07, 6.45) is 2.23. The number of hydrogen-bond acceptors (Lipinski definition) is 4. The summed E-state index contributed by atoms with van der Waals surface area (Å²) >= 11 is 0. The van der Waals surface area contributed by atoms with Crippen molar-refractivity contribution in [3.63, 3.8) is 0 Å². The molecule has 1 unspecified atom stereocenters. The molecule has 0 spiro atoms. The smallest absolute Gasteiger partial charge is 0.284 e. The Bertz CT molecular complexity index is 778. The van der Waals surface area contributed by atoms with Crippen LogP contribution < -0.4 is 21.3 Å². The molecule has 8 heteroatoms. The summed E-state index contributed by atoms with van der Waals surface area (Å²) in [5.41, 5.74) is 6.47. The van der Waals surface area contributed by atoms with Gasteiger partial charge in [-0.25, -0.2) is 4.99 Å². The maximum atomic E-state index is 11.1. The number of para-hydroxylation sites is 1. The van der Waals surface area contributed by atoms with Gasteiger partial charge in [0, 0.05) is 31.4 Å². The maximum Gasteiger partial charge on any atom is 0.284 e. The molecule has 3 rings (SSSR count). The van der Waals surface area contributed by atoms with Gasteiger partial charge in [-0.1, -0.05) is 18.2 Å². The first-order valence-electron chi connectivity index (χ1n) is 9.39. The van der Waals surface area contributed by atoms with E-state index in [1.54, 1.807) is 12.1 Å². The van der Waals surface area contributed by atoms with Gasteiger partial charge < -0.3 is 25.7 Å². The molecular formula is C20H28IN5O2. The van der Waals surface area contributed by atoms with Crippen LogP contribution in [0.4, 0.5) is 5.69 Å². The Morgan fingerprint density at radius 2 is 2.07 bits per heavy atom. The van der Waals surface area contributed by atoms with Crippen molar-refractivity contribution in [3.8, 4) is 0 Å². The van der Waals surface area contributed by atoms with Gasteiger partial charge in [-0.3, -0.25) is 4.79 Å². The second kappa shape index (κ2) is 10.9. The van der Waals surface area contributed by atoms with Crippen molar-refractivity contribution >= 4 is 41.5 Å². The first-order valence-corrected chi connectivity index (χ1v) is 9.39. The molecular weight excluding hydrogens is 469 g/mol. The highest BCUT2D eigenvalue weighted by atomic mass is 127. The number of nitrogens with zero attached hydrogens (tertiary/aromatic N) is 2. The number of piperidine rings is 1. The van der Waals surface area contributed by atoms with Gasteiger partial charge in [-0.15, -0.1) is 24.0 Å². The van der Waals surface area contributed by atoms with Gasteiger partial charge in [0.1, 0.15) is 12.3 Å². The Kier molecular flexibility index (Phi) is 8.62. The number of guanidine groups is 1. The molecule has 1 fully saturated rings. The Balaban J connectivity index is 0.00000280. The number of aliphatic imine (C=N–C) groups is 1. The van der Waals surface area contributed by atoms with Gasteiger partial charge in [-0.2, -0.15) is 0 Å². The molecule has 7 nitrogen and oxygen atoms in total. The second-order valence-corrected chi connectivity index (χ2v) is 6.59. The summed E-state index contributed by atoms with van der Waals surface area (Å²) in [5, 5.41) is 6.79. The molecule has 1 amide bonds. The van der Waals surface area contributed by atoms with Crippen LogP contribution in [0.2, 0.25) is 0 Å². The van der Waals surface area contributed by atoms with E-state index in [0.29, 0.717) is 18.3 Å². The molecule has 1 atom stereocenters. The zero-order valence-corrected chi connectivity index (χ0v) is 18.4. The van der Waals surface area contributed by atoms with Crippen molar-refractivity contribution in [2.75, 3.05) is 24.5 Å². The average molecular weight is 497 g/mol. The maximum absolute atomic E-state index is 11.1. The number of nitrogens with two attached hydrogens (primary N) is 1. The molecule has 1 aromatic heterocycles. The summed E-state index contributed by atoms with van der Waals surface area (Å²) in [5.74, 6) is 0.937. The number of amides is 1. The number of halogens is 1. The quantitative estimate of drug-likeness (QED) is 0.324. The molecule has 4 N–H and O–H groups in total. The fraction of sp³-hybridized carbons (Fsp3) is 0.400.